The van der Waals surface area contributed by atoms with Gasteiger partial charge in [0.15, 0.2) is 11.5 Å². The first kappa shape index (κ1) is 14.2. The molecule has 1 aromatic rings. The molecule has 0 aromatic heterocycles. The van der Waals surface area contributed by atoms with E-state index in [4.69, 9.17) is 15.2 Å². The highest BCUT2D eigenvalue weighted by atomic mass is 16.5. The number of rotatable bonds is 3. The second-order valence-corrected chi connectivity index (χ2v) is 6.08. The van der Waals surface area contributed by atoms with E-state index < -0.39 is 0 Å². The normalized spacial score (nSPS) is 31.0. The van der Waals surface area contributed by atoms with Crippen molar-refractivity contribution >= 4 is 0 Å². The lowest BCUT2D eigenvalue weighted by atomic mass is 9.69. The lowest BCUT2D eigenvalue weighted by molar-refractivity contribution is 0.183. The van der Waals surface area contributed by atoms with Gasteiger partial charge in [-0.25, -0.2) is 0 Å². The molecule has 1 aliphatic rings. The Morgan fingerprint density at radius 1 is 1.05 bits per heavy atom. The van der Waals surface area contributed by atoms with E-state index in [1.54, 1.807) is 14.2 Å². The molecule has 2 rings (SSSR count). The number of methoxy groups -OCH3 is 2. The lowest BCUT2D eigenvalue weighted by Crippen LogP contribution is -2.43. The van der Waals surface area contributed by atoms with Crippen LogP contribution in [0.25, 0.3) is 0 Å². The first-order valence-electron chi connectivity index (χ1n) is 7.00. The molecular formula is C16H25NO2. The van der Waals surface area contributed by atoms with Crippen LogP contribution < -0.4 is 15.2 Å². The summed E-state index contributed by atoms with van der Waals surface area (Å²) in [4.78, 5) is 0. The number of hydrogen-bond acceptors (Lipinski definition) is 3. The third kappa shape index (κ3) is 2.86. The van der Waals surface area contributed by atoms with Crippen LogP contribution in [0.1, 0.15) is 38.7 Å². The van der Waals surface area contributed by atoms with Gasteiger partial charge >= 0.3 is 0 Å². The first-order valence-corrected chi connectivity index (χ1v) is 7.00. The van der Waals surface area contributed by atoms with Gasteiger partial charge in [-0.2, -0.15) is 0 Å². The minimum atomic E-state index is -0.239. The van der Waals surface area contributed by atoms with Crippen LogP contribution in [0.5, 0.6) is 11.5 Å². The predicted octanol–water partition coefficient (Wildman–Crippen LogP) is 3.31. The summed E-state index contributed by atoms with van der Waals surface area (Å²) in [5, 5.41) is 0. The number of nitrogens with two attached hydrogens (primary N) is 1. The van der Waals surface area contributed by atoms with Crippen LogP contribution in [-0.4, -0.2) is 14.2 Å². The highest BCUT2D eigenvalue weighted by Crippen LogP contribution is 2.42. The highest BCUT2D eigenvalue weighted by Gasteiger charge is 2.36. The Hall–Kier alpha value is -1.22. The van der Waals surface area contributed by atoms with Gasteiger partial charge in [0, 0.05) is 5.54 Å². The largest absolute Gasteiger partial charge is 0.493 e. The van der Waals surface area contributed by atoms with Crippen LogP contribution in [0.15, 0.2) is 18.2 Å². The summed E-state index contributed by atoms with van der Waals surface area (Å²) in [6.45, 7) is 4.58. The third-order valence-electron chi connectivity index (χ3n) is 4.19. The van der Waals surface area contributed by atoms with E-state index in [1.165, 1.54) is 6.42 Å². The van der Waals surface area contributed by atoms with E-state index in [2.05, 4.69) is 19.9 Å². The second-order valence-electron chi connectivity index (χ2n) is 6.08. The predicted molar refractivity (Wildman–Crippen MR) is 77.6 cm³/mol. The number of hydrogen-bond donors (Lipinski definition) is 1. The molecule has 2 N–H and O–H groups in total. The van der Waals surface area contributed by atoms with E-state index in [-0.39, 0.29) is 5.54 Å². The van der Waals surface area contributed by atoms with Crippen LogP contribution in [0.3, 0.4) is 0 Å². The van der Waals surface area contributed by atoms with Gasteiger partial charge in [-0.05, 0) is 48.8 Å². The van der Waals surface area contributed by atoms with E-state index >= 15 is 0 Å². The molecule has 0 aliphatic heterocycles. The lowest BCUT2D eigenvalue weighted by Gasteiger charge is -2.40. The maximum Gasteiger partial charge on any atom is 0.161 e. The van der Waals surface area contributed by atoms with E-state index in [9.17, 15) is 0 Å². The van der Waals surface area contributed by atoms with Gasteiger partial charge in [0.1, 0.15) is 0 Å². The Balaban J connectivity index is 2.34. The van der Waals surface area contributed by atoms with Crippen LogP contribution >= 0.6 is 0 Å². The summed E-state index contributed by atoms with van der Waals surface area (Å²) in [5.74, 6) is 2.85. The fourth-order valence-electron chi connectivity index (χ4n) is 3.56. The summed E-state index contributed by atoms with van der Waals surface area (Å²) in [6, 6.07) is 6.06. The van der Waals surface area contributed by atoms with Gasteiger partial charge in [0.2, 0.25) is 0 Å². The molecule has 0 saturated heterocycles. The highest BCUT2D eigenvalue weighted by molar-refractivity contribution is 5.45. The van der Waals surface area contributed by atoms with Crippen molar-refractivity contribution in [1.82, 2.24) is 0 Å². The van der Waals surface area contributed by atoms with Gasteiger partial charge < -0.3 is 15.2 Å². The van der Waals surface area contributed by atoms with Crippen LogP contribution in [0.2, 0.25) is 0 Å². The Morgan fingerprint density at radius 2 is 1.63 bits per heavy atom. The van der Waals surface area contributed by atoms with E-state index in [1.807, 2.05) is 12.1 Å². The van der Waals surface area contributed by atoms with Crippen molar-refractivity contribution in [3.05, 3.63) is 23.8 Å². The molecule has 0 spiro atoms. The van der Waals surface area contributed by atoms with Gasteiger partial charge in [0.05, 0.1) is 14.2 Å². The summed E-state index contributed by atoms with van der Waals surface area (Å²) in [7, 11) is 3.32. The van der Waals surface area contributed by atoms with Gasteiger partial charge in [0.25, 0.3) is 0 Å². The molecule has 0 amide bonds. The van der Waals surface area contributed by atoms with Crippen molar-refractivity contribution in [3.8, 4) is 11.5 Å². The molecule has 1 fully saturated rings. The molecule has 0 radical (unpaired) electrons. The SMILES string of the molecule is COc1ccc(C2(N)CC(C)CC(C)C2)cc1OC. The molecule has 1 aliphatic carbocycles. The zero-order valence-electron chi connectivity index (χ0n) is 12.4. The summed E-state index contributed by atoms with van der Waals surface area (Å²) in [5.41, 5.74) is 7.60. The smallest absolute Gasteiger partial charge is 0.161 e. The average Bonchev–Trinajstić information content (AvgIpc) is 2.36. The summed E-state index contributed by atoms with van der Waals surface area (Å²) < 4.78 is 10.7. The third-order valence-corrected chi connectivity index (χ3v) is 4.19. The topological polar surface area (TPSA) is 44.5 Å². The molecule has 0 heterocycles. The maximum absolute atomic E-state index is 6.68. The van der Waals surface area contributed by atoms with Crippen LogP contribution in [-0.2, 0) is 5.54 Å². The van der Waals surface area contributed by atoms with E-state index in [0.29, 0.717) is 11.8 Å². The molecule has 2 atom stereocenters. The molecule has 3 heteroatoms. The molecule has 0 bridgehead atoms. The van der Waals surface area contributed by atoms with Crippen molar-refractivity contribution < 1.29 is 9.47 Å². The number of benzene rings is 1. The minimum Gasteiger partial charge on any atom is -0.493 e. The Morgan fingerprint density at radius 3 is 2.16 bits per heavy atom. The zero-order valence-corrected chi connectivity index (χ0v) is 12.4. The Labute approximate surface area is 116 Å². The molecule has 2 unspecified atom stereocenters. The first-order chi connectivity index (χ1) is 8.98. The van der Waals surface area contributed by atoms with Crippen molar-refractivity contribution in [3.63, 3.8) is 0 Å². The minimum absolute atomic E-state index is 0.239. The summed E-state index contributed by atoms with van der Waals surface area (Å²) >= 11 is 0. The Bertz CT molecular complexity index is 434. The molecule has 1 saturated carbocycles. The fraction of sp³-hybridized carbons (Fsp3) is 0.625. The molecule has 106 valence electrons. The van der Waals surface area contributed by atoms with Crippen molar-refractivity contribution in [2.24, 2.45) is 17.6 Å². The number of ether oxygens (including phenoxy) is 2. The quantitative estimate of drug-likeness (QED) is 0.910. The van der Waals surface area contributed by atoms with Crippen LogP contribution in [0.4, 0.5) is 0 Å². The van der Waals surface area contributed by atoms with Crippen molar-refractivity contribution in [1.29, 1.82) is 0 Å². The van der Waals surface area contributed by atoms with Crippen molar-refractivity contribution in [2.45, 2.75) is 38.6 Å². The maximum atomic E-state index is 6.68. The summed E-state index contributed by atoms with van der Waals surface area (Å²) in [6.07, 6.45) is 3.34. The fourth-order valence-corrected chi connectivity index (χ4v) is 3.56. The molecule has 1 aromatic carbocycles. The van der Waals surface area contributed by atoms with Crippen LogP contribution in [0, 0.1) is 11.8 Å². The van der Waals surface area contributed by atoms with Gasteiger partial charge in [-0.15, -0.1) is 0 Å². The van der Waals surface area contributed by atoms with Gasteiger partial charge in [-0.1, -0.05) is 19.9 Å². The van der Waals surface area contributed by atoms with Crippen molar-refractivity contribution in [2.75, 3.05) is 14.2 Å². The zero-order chi connectivity index (χ0) is 14.0. The molecular weight excluding hydrogens is 238 g/mol. The average molecular weight is 263 g/mol. The molecule has 3 nitrogen and oxygen atoms in total. The monoisotopic (exact) mass is 263 g/mol. The second kappa shape index (κ2) is 5.41. The Kier molecular flexibility index (Phi) is 4.04. The standard InChI is InChI=1S/C16H25NO2/c1-11-7-12(2)10-16(17,9-11)13-5-6-14(18-3)15(8-13)19-4/h5-6,8,11-12H,7,9-10,17H2,1-4H3. The van der Waals surface area contributed by atoms with Gasteiger partial charge in [-0.3, -0.25) is 0 Å². The van der Waals surface area contributed by atoms with E-state index in [0.717, 1.165) is 29.9 Å². The molecule has 19 heavy (non-hydrogen) atoms.